The van der Waals surface area contributed by atoms with Crippen LogP contribution in [0.1, 0.15) is 21.7 Å². The molecule has 0 bridgehead atoms. The summed E-state index contributed by atoms with van der Waals surface area (Å²) in [6.07, 6.45) is 1.33. The zero-order valence-electron chi connectivity index (χ0n) is 14.9. The third-order valence-electron chi connectivity index (χ3n) is 3.94. The summed E-state index contributed by atoms with van der Waals surface area (Å²) in [5.41, 5.74) is 1.38. The van der Waals surface area contributed by atoms with Crippen LogP contribution in [0.15, 0.2) is 64.6 Å². The lowest BCUT2D eigenvalue weighted by molar-refractivity contribution is 0.0473. The van der Waals surface area contributed by atoms with Crippen LogP contribution in [0.3, 0.4) is 0 Å². The molecule has 142 valence electrons. The highest BCUT2D eigenvalue weighted by Crippen LogP contribution is 2.28. The molecule has 0 saturated carbocycles. The van der Waals surface area contributed by atoms with E-state index >= 15 is 0 Å². The molecule has 0 unspecified atom stereocenters. The van der Waals surface area contributed by atoms with Gasteiger partial charge in [0.1, 0.15) is 35.8 Å². The highest BCUT2D eigenvalue weighted by Gasteiger charge is 2.15. The maximum absolute atomic E-state index is 12.5. The number of rotatable bonds is 5. The molecule has 29 heavy (non-hydrogen) atoms. The van der Waals surface area contributed by atoms with Crippen LogP contribution < -0.4 is 0 Å². The fourth-order valence-corrected chi connectivity index (χ4v) is 2.87. The molecule has 0 saturated heterocycles. The largest absolute Gasteiger partial charge is 0.457 e. The predicted octanol–water partition coefficient (Wildman–Crippen LogP) is 6.04. The molecule has 0 fully saturated rings. The lowest BCUT2D eigenvalue weighted by atomic mass is 10.1. The van der Waals surface area contributed by atoms with Crippen LogP contribution in [0.25, 0.3) is 17.4 Å². The molecule has 3 rings (SSSR count). The summed E-state index contributed by atoms with van der Waals surface area (Å²) < 4.78 is 11.0. The number of ether oxygens (including phenoxy) is 1. The first-order valence-electron chi connectivity index (χ1n) is 8.34. The second-order valence-electron chi connectivity index (χ2n) is 5.85. The Balaban J connectivity index is 1.82. The van der Waals surface area contributed by atoms with Crippen molar-refractivity contribution in [1.29, 1.82) is 10.5 Å². The standard InChI is InChI=1S/C22H12Cl2N2O3/c23-19-4-2-1-3-16(19)13-28-22(27)18-10-15(5-7-20(18)24)21-8-6-17(29-21)9-14(11-25)12-26/h1-10H,13H2. The number of furan rings is 1. The van der Waals surface area contributed by atoms with Gasteiger partial charge in [0.25, 0.3) is 0 Å². The van der Waals surface area contributed by atoms with Crippen molar-refractivity contribution in [2.75, 3.05) is 0 Å². The number of allylic oxidation sites excluding steroid dienone is 1. The van der Waals surface area contributed by atoms with E-state index in [2.05, 4.69) is 0 Å². The molecule has 1 heterocycles. The first-order valence-corrected chi connectivity index (χ1v) is 9.09. The van der Waals surface area contributed by atoms with Gasteiger partial charge in [-0.05, 0) is 36.4 Å². The number of esters is 1. The number of benzene rings is 2. The zero-order valence-corrected chi connectivity index (χ0v) is 16.4. The van der Waals surface area contributed by atoms with E-state index in [0.29, 0.717) is 27.7 Å². The van der Waals surface area contributed by atoms with E-state index in [1.54, 1.807) is 66.7 Å². The SMILES string of the molecule is N#CC(C#N)=Cc1ccc(-c2ccc(Cl)c(C(=O)OCc3ccccc3Cl)c2)o1. The molecule has 0 aliphatic carbocycles. The fraction of sp³-hybridized carbons (Fsp3) is 0.0455. The molecule has 0 amide bonds. The van der Waals surface area contributed by atoms with Gasteiger partial charge in [-0.15, -0.1) is 0 Å². The molecular formula is C22H12Cl2N2O3. The van der Waals surface area contributed by atoms with E-state index in [9.17, 15) is 4.79 Å². The van der Waals surface area contributed by atoms with Crippen LogP contribution >= 0.6 is 23.2 Å². The quantitative estimate of drug-likeness (QED) is 0.369. The summed E-state index contributed by atoms with van der Waals surface area (Å²) >= 11 is 12.2. The van der Waals surface area contributed by atoms with Gasteiger partial charge in [-0.2, -0.15) is 10.5 Å². The number of hydrogen-bond acceptors (Lipinski definition) is 5. The molecule has 0 aliphatic heterocycles. The third-order valence-corrected chi connectivity index (χ3v) is 4.64. The van der Waals surface area contributed by atoms with Crippen molar-refractivity contribution in [3.63, 3.8) is 0 Å². The second-order valence-corrected chi connectivity index (χ2v) is 6.66. The van der Waals surface area contributed by atoms with Crippen molar-refractivity contribution < 1.29 is 13.9 Å². The van der Waals surface area contributed by atoms with Crippen molar-refractivity contribution in [2.45, 2.75) is 6.61 Å². The summed E-state index contributed by atoms with van der Waals surface area (Å²) in [6, 6.07) is 18.7. The number of nitriles is 2. The van der Waals surface area contributed by atoms with E-state index in [4.69, 9.17) is 42.9 Å². The Bertz CT molecular complexity index is 1170. The Hall–Kier alpha value is -3.51. The van der Waals surface area contributed by atoms with Gasteiger partial charge in [0, 0.05) is 22.2 Å². The van der Waals surface area contributed by atoms with Crippen LogP contribution in [0.2, 0.25) is 10.0 Å². The average Bonchev–Trinajstić information content (AvgIpc) is 3.20. The molecule has 0 spiro atoms. The number of nitrogens with zero attached hydrogens (tertiary/aromatic N) is 2. The molecule has 0 N–H and O–H groups in total. The van der Waals surface area contributed by atoms with Gasteiger partial charge in [0.05, 0.1) is 10.6 Å². The van der Waals surface area contributed by atoms with E-state index in [1.807, 2.05) is 0 Å². The lowest BCUT2D eigenvalue weighted by Crippen LogP contribution is -2.06. The second kappa shape index (κ2) is 9.12. The first-order chi connectivity index (χ1) is 14.0. The molecule has 5 nitrogen and oxygen atoms in total. The Morgan fingerprint density at radius 3 is 2.52 bits per heavy atom. The maximum Gasteiger partial charge on any atom is 0.340 e. The van der Waals surface area contributed by atoms with E-state index in [1.165, 1.54) is 6.08 Å². The molecule has 0 radical (unpaired) electrons. The monoisotopic (exact) mass is 422 g/mol. The highest BCUT2D eigenvalue weighted by molar-refractivity contribution is 6.33. The molecule has 2 aromatic carbocycles. The predicted molar refractivity (Wildman–Crippen MR) is 109 cm³/mol. The Morgan fingerprint density at radius 1 is 1.03 bits per heavy atom. The maximum atomic E-state index is 12.5. The molecule has 1 aromatic heterocycles. The molecule has 0 atom stereocenters. The molecular weight excluding hydrogens is 411 g/mol. The van der Waals surface area contributed by atoms with Gasteiger partial charge < -0.3 is 9.15 Å². The van der Waals surface area contributed by atoms with Crippen molar-refractivity contribution in [1.82, 2.24) is 0 Å². The molecule has 3 aromatic rings. The number of hydrogen-bond donors (Lipinski definition) is 0. The Kier molecular flexibility index (Phi) is 6.36. The third kappa shape index (κ3) is 4.86. The minimum Gasteiger partial charge on any atom is -0.457 e. The zero-order chi connectivity index (χ0) is 20.8. The van der Waals surface area contributed by atoms with Gasteiger partial charge in [-0.1, -0.05) is 41.4 Å². The Labute approximate surface area is 177 Å². The van der Waals surface area contributed by atoms with E-state index in [0.717, 1.165) is 0 Å². The van der Waals surface area contributed by atoms with E-state index < -0.39 is 5.97 Å². The summed E-state index contributed by atoms with van der Waals surface area (Å²) in [4.78, 5) is 12.5. The van der Waals surface area contributed by atoms with Crippen molar-refractivity contribution in [3.05, 3.63) is 87.1 Å². The van der Waals surface area contributed by atoms with Crippen molar-refractivity contribution in [3.8, 4) is 23.5 Å². The number of carbonyl (C=O) groups excluding carboxylic acids is 1. The lowest BCUT2D eigenvalue weighted by Gasteiger charge is -2.09. The van der Waals surface area contributed by atoms with Gasteiger partial charge in [0.15, 0.2) is 0 Å². The van der Waals surface area contributed by atoms with Crippen molar-refractivity contribution >= 4 is 35.2 Å². The van der Waals surface area contributed by atoms with Crippen LogP contribution in [-0.2, 0) is 11.3 Å². The van der Waals surface area contributed by atoms with E-state index in [-0.39, 0.29) is 22.8 Å². The van der Waals surface area contributed by atoms with Gasteiger partial charge in [-0.25, -0.2) is 4.79 Å². The van der Waals surface area contributed by atoms with Crippen molar-refractivity contribution in [2.24, 2.45) is 0 Å². The van der Waals surface area contributed by atoms with Gasteiger partial charge in [-0.3, -0.25) is 0 Å². The average molecular weight is 423 g/mol. The highest BCUT2D eigenvalue weighted by atomic mass is 35.5. The van der Waals surface area contributed by atoms with Gasteiger partial charge >= 0.3 is 5.97 Å². The van der Waals surface area contributed by atoms with Crippen LogP contribution in [0.4, 0.5) is 0 Å². The van der Waals surface area contributed by atoms with Crippen LogP contribution in [0, 0.1) is 22.7 Å². The summed E-state index contributed by atoms with van der Waals surface area (Å²) in [5.74, 6) is 0.193. The normalized spacial score (nSPS) is 9.93. The van der Waals surface area contributed by atoms with Gasteiger partial charge in [0.2, 0.25) is 0 Å². The summed E-state index contributed by atoms with van der Waals surface area (Å²) in [5, 5.41) is 18.4. The van der Waals surface area contributed by atoms with Crippen LogP contribution in [-0.4, -0.2) is 5.97 Å². The molecule has 0 aliphatic rings. The summed E-state index contributed by atoms with van der Waals surface area (Å²) in [7, 11) is 0. The number of halogens is 2. The Morgan fingerprint density at radius 2 is 1.79 bits per heavy atom. The number of carbonyl (C=O) groups is 1. The minimum atomic E-state index is -0.598. The summed E-state index contributed by atoms with van der Waals surface area (Å²) in [6.45, 7) is 0.0137. The smallest absolute Gasteiger partial charge is 0.340 e. The topological polar surface area (TPSA) is 87.0 Å². The minimum absolute atomic E-state index is 0.0137. The molecule has 7 heteroatoms. The first kappa shape index (κ1) is 20.2. The fourth-order valence-electron chi connectivity index (χ4n) is 2.49. The van der Waals surface area contributed by atoms with Crippen LogP contribution in [0.5, 0.6) is 0 Å².